The van der Waals surface area contributed by atoms with E-state index in [1.807, 2.05) is 13.0 Å². The van der Waals surface area contributed by atoms with Crippen molar-refractivity contribution in [3.63, 3.8) is 0 Å². The molecule has 0 unspecified atom stereocenters. The summed E-state index contributed by atoms with van der Waals surface area (Å²) in [5.41, 5.74) is 8.25. The molecular weight excluding hydrogens is 126 g/mol. The number of amides is 1. The molecule has 2 nitrogen and oxygen atoms in total. The maximum atomic E-state index is 10.5. The van der Waals surface area contributed by atoms with Crippen LogP contribution < -0.4 is 5.73 Å². The monoisotopic (exact) mass is 134 g/mol. The van der Waals surface area contributed by atoms with Crippen LogP contribution in [0.15, 0.2) is 24.3 Å². The summed E-state index contributed by atoms with van der Waals surface area (Å²) in [5, 5.41) is 0. The van der Waals surface area contributed by atoms with Gasteiger partial charge in [-0.25, -0.2) is 0 Å². The van der Waals surface area contributed by atoms with E-state index in [4.69, 9.17) is 5.73 Å². The van der Waals surface area contributed by atoms with Crippen molar-refractivity contribution in [2.45, 2.75) is 6.92 Å². The molecule has 1 radical (unpaired) electrons. The molecule has 0 aliphatic carbocycles. The molecule has 0 aliphatic rings. The number of carbonyl (C=O) groups excluding carboxylic acids is 1. The Balaban J connectivity index is 3.07. The lowest BCUT2D eigenvalue weighted by Gasteiger charge is -1.93. The number of rotatable bonds is 1. The van der Waals surface area contributed by atoms with Crippen LogP contribution >= 0.6 is 0 Å². The summed E-state index contributed by atoms with van der Waals surface area (Å²) >= 11 is 0. The molecule has 0 saturated heterocycles. The second kappa shape index (κ2) is 2.52. The molecule has 0 aliphatic heterocycles. The average molecular weight is 134 g/mol. The Morgan fingerprint density at radius 2 is 2.20 bits per heavy atom. The molecule has 0 aromatic heterocycles. The third-order valence-electron chi connectivity index (χ3n) is 1.28. The Kier molecular flexibility index (Phi) is 1.71. The van der Waals surface area contributed by atoms with E-state index in [1.165, 1.54) is 0 Å². The molecule has 1 N–H and O–H groups in total. The summed E-state index contributed by atoms with van der Waals surface area (Å²) in [6.07, 6.45) is 0. The highest BCUT2D eigenvalue weighted by atomic mass is 16.1. The Labute approximate surface area is 59.7 Å². The van der Waals surface area contributed by atoms with E-state index in [0.717, 1.165) is 5.56 Å². The van der Waals surface area contributed by atoms with Gasteiger partial charge in [0.05, 0.1) is 0 Å². The van der Waals surface area contributed by atoms with Crippen molar-refractivity contribution in [3.05, 3.63) is 35.4 Å². The van der Waals surface area contributed by atoms with Crippen molar-refractivity contribution >= 4 is 5.91 Å². The van der Waals surface area contributed by atoms with Crippen LogP contribution in [0, 0.1) is 6.92 Å². The molecule has 1 rings (SSSR count). The van der Waals surface area contributed by atoms with Crippen molar-refractivity contribution < 1.29 is 4.79 Å². The van der Waals surface area contributed by atoms with Crippen molar-refractivity contribution in [3.8, 4) is 0 Å². The third-order valence-corrected chi connectivity index (χ3v) is 1.28. The van der Waals surface area contributed by atoms with Gasteiger partial charge in [0.15, 0.2) is 0 Å². The number of hydrogen-bond donors (Lipinski definition) is 0. The normalized spacial score (nSPS) is 9.30. The van der Waals surface area contributed by atoms with E-state index in [2.05, 4.69) is 0 Å². The third kappa shape index (κ3) is 1.35. The predicted octanol–water partition coefficient (Wildman–Crippen LogP) is 1.42. The molecule has 51 valence electrons. The smallest absolute Gasteiger partial charge is 0.267 e. The predicted molar refractivity (Wildman–Crippen MR) is 38.6 cm³/mol. The number of carbonyl (C=O) groups is 1. The Morgan fingerprint density at radius 1 is 1.50 bits per heavy atom. The SMILES string of the molecule is Cc1cccc(C([NH])=O)c1. The molecule has 0 atom stereocenters. The maximum absolute atomic E-state index is 10.5. The molecule has 1 amide bonds. The molecule has 0 heterocycles. The van der Waals surface area contributed by atoms with Crippen LogP contribution in [-0.2, 0) is 0 Å². The summed E-state index contributed by atoms with van der Waals surface area (Å²) in [7, 11) is 0. The fourth-order valence-electron chi connectivity index (χ4n) is 0.786. The van der Waals surface area contributed by atoms with Gasteiger partial charge in [-0.3, -0.25) is 10.5 Å². The molecule has 1 aromatic carbocycles. The van der Waals surface area contributed by atoms with Crippen LogP contribution in [0.5, 0.6) is 0 Å². The highest BCUT2D eigenvalue weighted by Crippen LogP contribution is 2.02. The van der Waals surface area contributed by atoms with E-state index in [1.54, 1.807) is 18.2 Å². The second-order valence-corrected chi connectivity index (χ2v) is 2.20. The van der Waals surface area contributed by atoms with Crippen LogP contribution in [-0.4, -0.2) is 5.91 Å². The zero-order valence-corrected chi connectivity index (χ0v) is 5.72. The lowest BCUT2D eigenvalue weighted by Crippen LogP contribution is -1.97. The first-order valence-corrected chi connectivity index (χ1v) is 3.03. The van der Waals surface area contributed by atoms with E-state index < -0.39 is 5.91 Å². The summed E-state index contributed by atoms with van der Waals surface area (Å²) < 4.78 is 0. The summed E-state index contributed by atoms with van der Waals surface area (Å²) in [4.78, 5) is 10.5. The Morgan fingerprint density at radius 3 is 2.60 bits per heavy atom. The van der Waals surface area contributed by atoms with Crippen LogP contribution in [0.4, 0.5) is 0 Å². The lowest BCUT2D eigenvalue weighted by atomic mass is 10.1. The van der Waals surface area contributed by atoms with E-state index >= 15 is 0 Å². The van der Waals surface area contributed by atoms with Crippen LogP contribution in [0.3, 0.4) is 0 Å². The number of hydrogen-bond acceptors (Lipinski definition) is 1. The van der Waals surface area contributed by atoms with Crippen molar-refractivity contribution in [2.75, 3.05) is 0 Å². The fraction of sp³-hybridized carbons (Fsp3) is 0.125. The van der Waals surface area contributed by atoms with Gasteiger partial charge in [0.2, 0.25) is 0 Å². The highest BCUT2D eigenvalue weighted by Gasteiger charge is 1.97. The minimum atomic E-state index is -0.622. The summed E-state index contributed by atoms with van der Waals surface area (Å²) in [6.45, 7) is 1.90. The minimum Gasteiger partial charge on any atom is -0.267 e. The second-order valence-electron chi connectivity index (χ2n) is 2.20. The molecular formula is C8H8NO. The van der Waals surface area contributed by atoms with Gasteiger partial charge >= 0.3 is 0 Å². The number of nitrogens with one attached hydrogen (secondary N) is 1. The highest BCUT2D eigenvalue weighted by molar-refractivity contribution is 5.92. The standard InChI is InChI=1S/C8H8NO/c1-6-3-2-4-7(5-6)8(9)10/h2-5,9H,1H3. The average Bonchev–Trinajstić information content (AvgIpc) is 1.88. The van der Waals surface area contributed by atoms with Crippen LogP contribution in [0.25, 0.3) is 0 Å². The topological polar surface area (TPSA) is 40.9 Å². The van der Waals surface area contributed by atoms with Gasteiger partial charge in [-0.1, -0.05) is 17.7 Å². The summed E-state index contributed by atoms with van der Waals surface area (Å²) in [6, 6.07) is 7.02. The Bertz CT molecular complexity index is 255. The number of benzene rings is 1. The van der Waals surface area contributed by atoms with Crippen molar-refractivity contribution in [2.24, 2.45) is 0 Å². The van der Waals surface area contributed by atoms with Gasteiger partial charge < -0.3 is 0 Å². The molecule has 0 spiro atoms. The first kappa shape index (κ1) is 6.81. The van der Waals surface area contributed by atoms with Crippen LogP contribution in [0.2, 0.25) is 0 Å². The molecule has 2 heteroatoms. The maximum Gasteiger partial charge on any atom is 0.269 e. The van der Waals surface area contributed by atoms with Gasteiger partial charge in [-0.15, -0.1) is 0 Å². The molecule has 0 bridgehead atoms. The van der Waals surface area contributed by atoms with E-state index in [9.17, 15) is 4.79 Å². The largest absolute Gasteiger partial charge is 0.269 e. The van der Waals surface area contributed by atoms with E-state index in [-0.39, 0.29) is 0 Å². The van der Waals surface area contributed by atoms with Gasteiger partial charge in [0.1, 0.15) is 0 Å². The Hall–Kier alpha value is -1.31. The number of aryl methyl sites for hydroxylation is 1. The molecule has 0 fully saturated rings. The van der Waals surface area contributed by atoms with Gasteiger partial charge in [0.25, 0.3) is 5.91 Å². The zero-order valence-electron chi connectivity index (χ0n) is 5.72. The summed E-state index contributed by atoms with van der Waals surface area (Å²) in [5.74, 6) is -0.622. The first-order chi connectivity index (χ1) is 4.70. The fourth-order valence-corrected chi connectivity index (χ4v) is 0.786. The van der Waals surface area contributed by atoms with Crippen molar-refractivity contribution in [1.82, 2.24) is 5.73 Å². The minimum absolute atomic E-state index is 0.458. The van der Waals surface area contributed by atoms with Gasteiger partial charge in [-0.05, 0) is 19.1 Å². The van der Waals surface area contributed by atoms with E-state index in [0.29, 0.717) is 5.56 Å². The van der Waals surface area contributed by atoms with Crippen LogP contribution in [0.1, 0.15) is 15.9 Å². The van der Waals surface area contributed by atoms with Gasteiger partial charge in [0, 0.05) is 5.56 Å². The quantitative estimate of drug-likeness (QED) is 0.572. The lowest BCUT2D eigenvalue weighted by molar-refractivity contribution is 0.0992. The first-order valence-electron chi connectivity index (χ1n) is 3.03. The molecule has 0 saturated carbocycles. The zero-order chi connectivity index (χ0) is 7.56. The molecule has 1 aromatic rings. The van der Waals surface area contributed by atoms with Gasteiger partial charge in [-0.2, -0.15) is 0 Å². The van der Waals surface area contributed by atoms with Crippen molar-refractivity contribution in [1.29, 1.82) is 0 Å². The molecule has 10 heavy (non-hydrogen) atoms.